The molecule has 1 unspecified atom stereocenters. The van der Waals surface area contributed by atoms with E-state index >= 15 is 0 Å². The second kappa shape index (κ2) is 9.18. The maximum atomic E-state index is 3.72. The summed E-state index contributed by atoms with van der Waals surface area (Å²) in [4.78, 5) is 0. The number of nitrogens with one attached hydrogen (secondary N) is 1. The molecule has 0 aromatic heterocycles. The van der Waals surface area contributed by atoms with E-state index in [1.54, 1.807) is 0 Å². The Balaban J connectivity index is 1.71. The predicted octanol–water partition coefficient (Wildman–Crippen LogP) is 5.27. The topological polar surface area (TPSA) is 12.0 Å². The molecule has 0 heterocycles. The van der Waals surface area contributed by atoms with Crippen molar-refractivity contribution in [3.8, 4) is 0 Å². The van der Waals surface area contributed by atoms with Crippen molar-refractivity contribution in [2.24, 2.45) is 0 Å². The maximum Gasteiger partial charge on any atom is 0.00684 e. The van der Waals surface area contributed by atoms with Crippen molar-refractivity contribution in [1.29, 1.82) is 0 Å². The second-order valence-electron chi connectivity index (χ2n) is 6.35. The number of hydrogen-bond acceptors (Lipinski definition) is 1. The van der Waals surface area contributed by atoms with E-state index in [1.807, 2.05) is 0 Å². The average molecular weight is 273 g/mol. The highest BCUT2D eigenvalue weighted by atomic mass is 14.9. The van der Waals surface area contributed by atoms with Crippen LogP contribution in [0.15, 0.2) is 30.3 Å². The first kappa shape index (κ1) is 15.6. The third kappa shape index (κ3) is 6.09. The average Bonchev–Trinajstić information content (AvgIpc) is 3.31. The molecule has 112 valence electrons. The van der Waals surface area contributed by atoms with Gasteiger partial charge < -0.3 is 5.32 Å². The van der Waals surface area contributed by atoms with Crippen molar-refractivity contribution in [3.63, 3.8) is 0 Å². The van der Waals surface area contributed by atoms with Gasteiger partial charge in [0.1, 0.15) is 0 Å². The molecule has 1 aliphatic carbocycles. The van der Waals surface area contributed by atoms with E-state index in [2.05, 4.69) is 42.6 Å². The molecule has 0 aliphatic heterocycles. The van der Waals surface area contributed by atoms with Gasteiger partial charge in [-0.05, 0) is 30.7 Å². The summed E-state index contributed by atoms with van der Waals surface area (Å²) in [6, 6.07) is 11.9. The fourth-order valence-corrected chi connectivity index (χ4v) is 2.88. The summed E-state index contributed by atoms with van der Waals surface area (Å²) in [6.07, 6.45) is 12.5. The Morgan fingerprint density at radius 1 is 1.00 bits per heavy atom. The molecule has 1 heteroatoms. The van der Waals surface area contributed by atoms with Gasteiger partial charge in [-0.2, -0.15) is 0 Å². The molecule has 1 nitrogen and oxygen atoms in total. The fraction of sp³-hybridized carbons (Fsp3) is 0.684. The van der Waals surface area contributed by atoms with E-state index in [0.29, 0.717) is 5.92 Å². The molecule has 0 bridgehead atoms. The lowest BCUT2D eigenvalue weighted by molar-refractivity contribution is 0.505. The minimum atomic E-state index is 0.711. The first-order valence-electron chi connectivity index (χ1n) is 8.68. The summed E-state index contributed by atoms with van der Waals surface area (Å²) in [7, 11) is 0. The summed E-state index contributed by atoms with van der Waals surface area (Å²) in [5.41, 5.74) is 1.52. The molecule has 1 aromatic carbocycles. The summed E-state index contributed by atoms with van der Waals surface area (Å²) in [5, 5.41) is 3.72. The lowest BCUT2D eigenvalue weighted by Crippen LogP contribution is -2.23. The van der Waals surface area contributed by atoms with E-state index < -0.39 is 0 Å². The Kier molecular flexibility index (Phi) is 7.14. The Bertz CT molecular complexity index is 342. The summed E-state index contributed by atoms with van der Waals surface area (Å²) >= 11 is 0. The smallest absolute Gasteiger partial charge is 0.00684 e. The molecule has 1 N–H and O–H groups in total. The largest absolute Gasteiger partial charge is 0.313 e. The molecular weight excluding hydrogens is 242 g/mol. The van der Waals surface area contributed by atoms with Crippen LogP contribution in [0.5, 0.6) is 0 Å². The maximum absolute atomic E-state index is 3.72. The number of unbranched alkanes of at least 4 members (excludes halogenated alkanes) is 5. The van der Waals surface area contributed by atoms with Gasteiger partial charge in [0.2, 0.25) is 0 Å². The lowest BCUT2D eigenvalue weighted by Gasteiger charge is -2.18. The van der Waals surface area contributed by atoms with Crippen LogP contribution in [0.3, 0.4) is 0 Å². The van der Waals surface area contributed by atoms with E-state index in [4.69, 9.17) is 0 Å². The third-order valence-electron chi connectivity index (χ3n) is 4.41. The van der Waals surface area contributed by atoms with Gasteiger partial charge in [0.25, 0.3) is 0 Å². The van der Waals surface area contributed by atoms with E-state index in [9.17, 15) is 0 Å². The van der Waals surface area contributed by atoms with Crippen molar-refractivity contribution in [2.75, 3.05) is 6.54 Å². The van der Waals surface area contributed by atoms with Crippen LogP contribution in [0.25, 0.3) is 0 Å². The Labute approximate surface area is 125 Å². The number of rotatable bonds is 11. The van der Waals surface area contributed by atoms with Crippen molar-refractivity contribution in [1.82, 2.24) is 5.32 Å². The molecule has 1 aromatic rings. The van der Waals surface area contributed by atoms with Crippen molar-refractivity contribution in [3.05, 3.63) is 35.9 Å². The first-order chi connectivity index (χ1) is 9.90. The van der Waals surface area contributed by atoms with Crippen LogP contribution in [0.1, 0.15) is 76.2 Å². The van der Waals surface area contributed by atoms with Gasteiger partial charge >= 0.3 is 0 Å². The van der Waals surface area contributed by atoms with Gasteiger partial charge in [0.15, 0.2) is 0 Å². The van der Waals surface area contributed by atoms with Gasteiger partial charge in [-0.25, -0.2) is 0 Å². The predicted molar refractivity (Wildman–Crippen MR) is 88.2 cm³/mol. The van der Waals surface area contributed by atoms with Gasteiger partial charge in [-0.15, -0.1) is 0 Å². The molecular formula is C19H31N. The van der Waals surface area contributed by atoms with E-state index in [-0.39, 0.29) is 0 Å². The van der Waals surface area contributed by atoms with E-state index in [0.717, 1.165) is 6.04 Å². The van der Waals surface area contributed by atoms with Crippen LogP contribution < -0.4 is 5.32 Å². The quantitative estimate of drug-likeness (QED) is 0.541. The summed E-state index contributed by atoms with van der Waals surface area (Å²) < 4.78 is 0. The fourth-order valence-electron chi connectivity index (χ4n) is 2.88. The highest BCUT2D eigenvalue weighted by Gasteiger charge is 2.22. The van der Waals surface area contributed by atoms with Gasteiger partial charge in [0.05, 0.1) is 0 Å². The Morgan fingerprint density at radius 2 is 1.70 bits per heavy atom. The minimum Gasteiger partial charge on any atom is -0.313 e. The molecule has 2 rings (SSSR count). The summed E-state index contributed by atoms with van der Waals surface area (Å²) in [5.74, 6) is 0.711. The molecule has 1 saturated carbocycles. The molecule has 0 amide bonds. The zero-order valence-electron chi connectivity index (χ0n) is 13.1. The third-order valence-corrected chi connectivity index (χ3v) is 4.41. The molecule has 1 aliphatic rings. The zero-order chi connectivity index (χ0) is 14.0. The Hall–Kier alpha value is -0.820. The number of benzene rings is 1. The van der Waals surface area contributed by atoms with E-state index in [1.165, 1.54) is 69.9 Å². The van der Waals surface area contributed by atoms with Crippen molar-refractivity contribution in [2.45, 2.75) is 76.7 Å². The van der Waals surface area contributed by atoms with Crippen LogP contribution in [-0.2, 0) is 0 Å². The monoisotopic (exact) mass is 273 g/mol. The Morgan fingerprint density at radius 3 is 2.40 bits per heavy atom. The van der Waals surface area contributed by atoms with Gasteiger partial charge in [-0.3, -0.25) is 0 Å². The lowest BCUT2D eigenvalue weighted by atomic mass is 9.92. The molecule has 0 spiro atoms. The van der Waals surface area contributed by atoms with Gasteiger partial charge in [-0.1, -0.05) is 75.8 Å². The van der Waals surface area contributed by atoms with Crippen LogP contribution in [0.4, 0.5) is 0 Å². The highest BCUT2D eigenvalue weighted by molar-refractivity contribution is 5.20. The van der Waals surface area contributed by atoms with Crippen LogP contribution in [-0.4, -0.2) is 12.6 Å². The van der Waals surface area contributed by atoms with Crippen LogP contribution >= 0.6 is 0 Å². The number of hydrogen-bond donors (Lipinski definition) is 1. The van der Waals surface area contributed by atoms with Gasteiger partial charge in [0, 0.05) is 12.6 Å². The molecule has 0 saturated heterocycles. The van der Waals surface area contributed by atoms with Crippen LogP contribution in [0.2, 0.25) is 0 Å². The molecule has 1 atom stereocenters. The highest BCUT2D eigenvalue weighted by Crippen LogP contribution is 2.25. The SMILES string of the molecule is CCCCCCCCC(CNC1CC1)c1ccccc1. The second-order valence-corrected chi connectivity index (χ2v) is 6.35. The van der Waals surface area contributed by atoms with Crippen molar-refractivity contribution >= 4 is 0 Å². The summed E-state index contributed by atoms with van der Waals surface area (Å²) in [6.45, 7) is 3.46. The zero-order valence-corrected chi connectivity index (χ0v) is 13.1. The molecule has 0 radical (unpaired) electrons. The minimum absolute atomic E-state index is 0.711. The first-order valence-corrected chi connectivity index (χ1v) is 8.68. The molecule has 1 fully saturated rings. The molecule has 20 heavy (non-hydrogen) atoms. The van der Waals surface area contributed by atoms with Crippen LogP contribution in [0, 0.1) is 0 Å². The normalized spacial score (nSPS) is 16.2. The van der Waals surface area contributed by atoms with Crippen molar-refractivity contribution < 1.29 is 0 Å². The standard InChI is InChI=1S/C19H31N/c1-2-3-4-5-6-8-13-18(16-20-19-14-15-19)17-11-9-7-10-12-17/h7,9-12,18-20H,2-6,8,13-16H2,1H3.